The zero-order chi connectivity index (χ0) is 21.1. The molecule has 0 spiro atoms. The topological polar surface area (TPSA) is 41.6 Å². The number of allylic oxidation sites excluding steroid dienone is 1. The van der Waals surface area contributed by atoms with Crippen LogP contribution in [0.3, 0.4) is 0 Å². The lowest BCUT2D eigenvalue weighted by molar-refractivity contribution is -0.114. The Morgan fingerprint density at radius 2 is 1.86 bits per heavy atom. The summed E-state index contributed by atoms with van der Waals surface area (Å²) in [7, 11) is 0. The fourth-order valence-electron chi connectivity index (χ4n) is 3.42. The molecule has 1 unspecified atom stereocenters. The van der Waals surface area contributed by atoms with E-state index >= 15 is 0 Å². The smallest absolute Gasteiger partial charge is 0.173 e. The molecule has 1 heterocycles. The van der Waals surface area contributed by atoms with Crippen molar-refractivity contribution in [1.82, 2.24) is 10.2 Å². The minimum absolute atomic E-state index is 0.0286. The molecular weight excluding hydrogens is 427 g/mol. The van der Waals surface area contributed by atoms with Crippen LogP contribution < -0.4 is 10.1 Å². The second-order valence-electron chi connectivity index (χ2n) is 6.79. The van der Waals surface area contributed by atoms with Gasteiger partial charge in [-0.2, -0.15) is 0 Å². The molecule has 1 N–H and O–H groups in total. The van der Waals surface area contributed by atoms with Crippen molar-refractivity contribution in [3.05, 3.63) is 74.9 Å². The molecule has 29 heavy (non-hydrogen) atoms. The van der Waals surface area contributed by atoms with Crippen molar-refractivity contribution in [1.29, 1.82) is 0 Å². The van der Waals surface area contributed by atoms with Gasteiger partial charge in [-0.1, -0.05) is 41.4 Å². The summed E-state index contributed by atoms with van der Waals surface area (Å²) in [4.78, 5) is 14.3. The first kappa shape index (κ1) is 21.6. The van der Waals surface area contributed by atoms with Crippen molar-refractivity contribution in [3.63, 3.8) is 0 Å². The molecule has 0 aromatic heterocycles. The third-order valence-corrected chi connectivity index (χ3v) is 5.97. The molecule has 0 radical (unpaired) electrons. The van der Waals surface area contributed by atoms with Gasteiger partial charge in [-0.25, -0.2) is 0 Å². The number of ether oxygens (including phenoxy) is 1. The van der Waals surface area contributed by atoms with Crippen LogP contribution in [0.2, 0.25) is 10.0 Å². The third-order valence-electron chi connectivity index (χ3n) is 4.89. The summed E-state index contributed by atoms with van der Waals surface area (Å²) in [5, 5.41) is 4.94. The predicted molar refractivity (Wildman–Crippen MR) is 121 cm³/mol. The highest BCUT2D eigenvalue weighted by Crippen LogP contribution is 2.32. The van der Waals surface area contributed by atoms with Crippen molar-refractivity contribution in [2.24, 2.45) is 0 Å². The Kier molecular flexibility index (Phi) is 6.83. The third kappa shape index (κ3) is 4.74. The van der Waals surface area contributed by atoms with Crippen LogP contribution in [-0.4, -0.2) is 22.3 Å². The highest BCUT2D eigenvalue weighted by Gasteiger charge is 2.31. The second-order valence-corrected chi connectivity index (χ2v) is 7.99. The molecule has 0 aliphatic carbocycles. The van der Waals surface area contributed by atoms with Gasteiger partial charge in [0.05, 0.1) is 16.1 Å². The molecule has 1 aliphatic heterocycles. The van der Waals surface area contributed by atoms with E-state index in [4.69, 9.17) is 40.2 Å². The van der Waals surface area contributed by atoms with Crippen molar-refractivity contribution in [2.45, 2.75) is 33.4 Å². The number of rotatable bonds is 6. The van der Waals surface area contributed by atoms with Crippen molar-refractivity contribution < 1.29 is 9.53 Å². The lowest BCUT2D eigenvalue weighted by Gasteiger charge is -2.37. The van der Waals surface area contributed by atoms with Crippen molar-refractivity contribution in [2.75, 3.05) is 6.54 Å². The maximum atomic E-state index is 12.3. The van der Waals surface area contributed by atoms with Crippen LogP contribution in [0.25, 0.3) is 0 Å². The number of benzene rings is 2. The summed E-state index contributed by atoms with van der Waals surface area (Å²) in [6.07, 6.45) is 0. The van der Waals surface area contributed by atoms with E-state index < -0.39 is 0 Å². The lowest BCUT2D eigenvalue weighted by Crippen LogP contribution is -2.47. The lowest BCUT2D eigenvalue weighted by atomic mass is 9.92. The molecule has 4 nitrogen and oxygen atoms in total. The van der Waals surface area contributed by atoms with Crippen LogP contribution in [0.15, 0.2) is 53.7 Å². The van der Waals surface area contributed by atoms with E-state index in [1.807, 2.05) is 49.1 Å². The summed E-state index contributed by atoms with van der Waals surface area (Å²) < 4.78 is 5.85. The summed E-state index contributed by atoms with van der Waals surface area (Å²) in [6.45, 7) is 6.63. The first-order valence-electron chi connectivity index (χ1n) is 9.28. The number of nitrogens with zero attached hydrogens (tertiary/aromatic N) is 1. The molecule has 0 fully saturated rings. The average Bonchev–Trinajstić information content (AvgIpc) is 2.69. The van der Waals surface area contributed by atoms with E-state index in [2.05, 4.69) is 5.32 Å². The summed E-state index contributed by atoms with van der Waals surface area (Å²) in [5.41, 5.74) is 3.51. The number of carbonyl (C=O) groups excluding carboxylic acids is 1. The summed E-state index contributed by atoms with van der Waals surface area (Å²) >= 11 is 17.5. The molecule has 0 saturated carbocycles. The predicted octanol–water partition coefficient (Wildman–Crippen LogP) is 5.69. The van der Waals surface area contributed by atoms with Crippen LogP contribution in [-0.2, 0) is 11.4 Å². The second kappa shape index (κ2) is 9.16. The van der Waals surface area contributed by atoms with E-state index in [0.717, 1.165) is 28.1 Å². The molecule has 152 valence electrons. The van der Waals surface area contributed by atoms with Gasteiger partial charge in [0.2, 0.25) is 0 Å². The van der Waals surface area contributed by atoms with Gasteiger partial charge in [-0.05, 0) is 68.4 Å². The Balaban J connectivity index is 1.78. The minimum atomic E-state index is -0.271. The van der Waals surface area contributed by atoms with E-state index in [9.17, 15) is 4.79 Å². The number of ketones is 1. The fraction of sp³-hybridized carbons (Fsp3) is 0.273. The number of hydrogen-bond acceptors (Lipinski definition) is 3. The van der Waals surface area contributed by atoms with E-state index in [1.165, 1.54) is 0 Å². The number of Topliss-reactive ketones (excluding diaryl/α,β-unsaturated/α-hetero) is 1. The van der Waals surface area contributed by atoms with E-state index in [1.54, 1.807) is 19.1 Å². The maximum absolute atomic E-state index is 12.3. The molecule has 3 rings (SSSR count). The SMILES string of the molecule is CCN1C(=S)NC(c2ccc(OCc3ccc(Cl)c(Cl)c3)cc2)C(C(C)=O)=C1C. The number of halogens is 2. The Hall–Kier alpha value is -2.08. The molecule has 0 bridgehead atoms. The minimum Gasteiger partial charge on any atom is -0.489 e. The number of hydrogen-bond donors (Lipinski definition) is 1. The van der Waals surface area contributed by atoms with Crippen LogP contribution in [0.5, 0.6) is 5.75 Å². The van der Waals surface area contributed by atoms with Gasteiger partial charge in [0.1, 0.15) is 12.4 Å². The molecule has 2 aromatic rings. The van der Waals surface area contributed by atoms with Crippen LogP contribution in [0, 0.1) is 0 Å². The van der Waals surface area contributed by atoms with E-state index in [-0.39, 0.29) is 11.8 Å². The van der Waals surface area contributed by atoms with Gasteiger partial charge in [-0.3, -0.25) is 4.79 Å². The van der Waals surface area contributed by atoms with Crippen molar-refractivity contribution >= 4 is 46.3 Å². The van der Waals surface area contributed by atoms with Crippen LogP contribution >= 0.6 is 35.4 Å². The zero-order valence-corrected chi connectivity index (χ0v) is 18.8. The molecule has 2 aromatic carbocycles. The number of thiocarbonyl (C=S) groups is 1. The Morgan fingerprint density at radius 3 is 2.45 bits per heavy atom. The molecule has 0 amide bonds. The largest absolute Gasteiger partial charge is 0.489 e. The molecule has 1 aliphatic rings. The molecule has 0 saturated heterocycles. The molecule has 7 heteroatoms. The summed E-state index contributed by atoms with van der Waals surface area (Å²) in [6, 6.07) is 12.8. The highest BCUT2D eigenvalue weighted by molar-refractivity contribution is 7.80. The van der Waals surface area contributed by atoms with Gasteiger partial charge in [0, 0.05) is 17.8 Å². The molecular formula is C22H22Cl2N2O2S. The van der Waals surface area contributed by atoms with Crippen molar-refractivity contribution in [3.8, 4) is 5.75 Å². The monoisotopic (exact) mass is 448 g/mol. The van der Waals surface area contributed by atoms with Gasteiger partial charge in [0.25, 0.3) is 0 Å². The Labute approximate surface area is 186 Å². The quantitative estimate of drug-likeness (QED) is 0.575. The number of carbonyl (C=O) groups is 1. The first-order chi connectivity index (χ1) is 13.8. The van der Waals surface area contributed by atoms with E-state index in [0.29, 0.717) is 28.3 Å². The Morgan fingerprint density at radius 1 is 1.17 bits per heavy atom. The van der Waals surface area contributed by atoms with Gasteiger partial charge in [0.15, 0.2) is 10.9 Å². The summed E-state index contributed by atoms with van der Waals surface area (Å²) in [5.74, 6) is 0.749. The van der Waals surface area contributed by atoms with Crippen LogP contribution in [0.4, 0.5) is 0 Å². The maximum Gasteiger partial charge on any atom is 0.173 e. The Bertz CT molecular complexity index is 973. The van der Waals surface area contributed by atoms with Gasteiger partial charge < -0.3 is 15.0 Å². The first-order valence-corrected chi connectivity index (χ1v) is 10.4. The fourth-order valence-corrected chi connectivity index (χ4v) is 4.13. The average molecular weight is 449 g/mol. The number of nitrogens with one attached hydrogen (secondary N) is 1. The van der Waals surface area contributed by atoms with Gasteiger partial charge >= 0.3 is 0 Å². The van der Waals surface area contributed by atoms with Crippen LogP contribution in [0.1, 0.15) is 37.9 Å². The molecule has 1 atom stereocenters. The highest BCUT2D eigenvalue weighted by atomic mass is 35.5. The zero-order valence-electron chi connectivity index (χ0n) is 16.5. The standard InChI is InChI=1S/C22H22Cl2N2O2S/c1-4-26-13(2)20(14(3)27)21(25-22(26)29)16-6-8-17(9-7-16)28-12-15-5-10-18(23)19(24)11-15/h5-11,21H,4,12H2,1-3H3,(H,25,29). The van der Waals surface area contributed by atoms with Gasteiger partial charge in [-0.15, -0.1) is 0 Å². The normalized spacial score (nSPS) is 16.7.